The van der Waals surface area contributed by atoms with Crippen LogP contribution in [0.15, 0.2) is 42.7 Å². The van der Waals surface area contributed by atoms with Crippen LogP contribution in [-0.4, -0.2) is 38.0 Å². The molecule has 0 bridgehead atoms. The maximum absolute atomic E-state index is 13.6. The number of halogens is 1. The molecule has 0 unspecified atom stereocenters. The van der Waals surface area contributed by atoms with E-state index in [1.165, 1.54) is 12.3 Å². The monoisotopic (exact) mass is 389 g/mol. The molecule has 0 aliphatic carbocycles. The van der Waals surface area contributed by atoms with E-state index < -0.39 is 5.82 Å². The van der Waals surface area contributed by atoms with Crippen molar-refractivity contribution in [2.75, 3.05) is 18.4 Å². The number of aromatic nitrogens is 5. The van der Waals surface area contributed by atoms with Gasteiger partial charge in [0.15, 0.2) is 5.82 Å². The van der Waals surface area contributed by atoms with E-state index in [0.717, 1.165) is 53.3 Å². The van der Waals surface area contributed by atoms with Gasteiger partial charge in [0.05, 0.1) is 22.9 Å². The number of pyridine rings is 1. The molecule has 4 aromatic rings. The molecule has 1 aliphatic heterocycles. The summed E-state index contributed by atoms with van der Waals surface area (Å²) in [5, 5.41) is 6.79. The highest BCUT2D eigenvalue weighted by molar-refractivity contribution is 5.74. The zero-order chi connectivity index (χ0) is 19.6. The lowest BCUT2D eigenvalue weighted by molar-refractivity contribution is 0.620. The number of imidazole rings is 1. The molecule has 3 N–H and O–H groups in total. The van der Waals surface area contributed by atoms with Crippen LogP contribution in [0.4, 0.5) is 10.2 Å². The molecule has 29 heavy (non-hydrogen) atoms. The van der Waals surface area contributed by atoms with Crippen molar-refractivity contribution in [2.45, 2.75) is 19.4 Å². The van der Waals surface area contributed by atoms with Crippen LogP contribution in [0.3, 0.4) is 0 Å². The van der Waals surface area contributed by atoms with Crippen molar-refractivity contribution in [3.63, 3.8) is 0 Å². The number of hydrogen-bond donors (Lipinski definition) is 3. The Morgan fingerprint density at radius 2 is 2.03 bits per heavy atom. The van der Waals surface area contributed by atoms with Crippen LogP contribution >= 0.6 is 0 Å². The van der Waals surface area contributed by atoms with Gasteiger partial charge in [-0.2, -0.15) is 0 Å². The summed E-state index contributed by atoms with van der Waals surface area (Å²) in [6.07, 6.45) is 4.31. The van der Waals surface area contributed by atoms with Gasteiger partial charge in [-0.25, -0.2) is 19.3 Å². The summed E-state index contributed by atoms with van der Waals surface area (Å²) in [6, 6.07) is 9.40. The molecule has 7 nitrogen and oxygen atoms in total. The molecule has 0 saturated heterocycles. The zero-order valence-corrected chi connectivity index (χ0v) is 15.7. The minimum Gasteiger partial charge on any atom is -0.369 e. The fraction of sp³-hybridized carbons (Fsp3) is 0.238. The van der Waals surface area contributed by atoms with Crippen LogP contribution in [0.25, 0.3) is 22.4 Å². The van der Waals surface area contributed by atoms with E-state index in [0.29, 0.717) is 24.5 Å². The molecule has 0 atom stereocenters. The lowest BCUT2D eigenvalue weighted by Gasteiger charge is -2.20. The first-order valence-corrected chi connectivity index (χ1v) is 9.65. The maximum Gasteiger partial charge on any atom is 0.163 e. The van der Waals surface area contributed by atoms with Crippen LogP contribution in [0.1, 0.15) is 17.1 Å². The Labute approximate surface area is 166 Å². The molecule has 1 aliphatic rings. The van der Waals surface area contributed by atoms with E-state index in [1.807, 2.05) is 24.3 Å². The lowest BCUT2D eigenvalue weighted by Crippen LogP contribution is -2.27. The predicted octanol–water partition coefficient (Wildman–Crippen LogP) is 2.85. The van der Waals surface area contributed by atoms with Crippen molar-refractivity contribution in [1.82, 2.24) is 30.2 Å². The highest BCUT2D eigenvalue weighted by Crippen LogP contribution is 2.25. The van der Waals surface area contributed by atoms with Crippen LogP contribution in [0.2, 0.25) is 0 Å². The Morgan fingerprint density at radius 1 is 1.10 bits per heavy atom. The summed E-state index contributed by atoms with van der Waals surface area (Å²) < 4.78 is 13.6. The molecular formula is C21H20FN7. The van der Waals surface area contributed by atoms with Gasteiger partial charge in [0.1, 0.15) is 17.5 Å². The zero-order valence-electron chi connectivity index (χ0n) is 15.7. The van der Waals surface area contributed by atoms with E-state index in [1.54, 1.807) is 6.20 Å². The minimum absolute atomic E-state index is 0.398. The minimum atomic E-state index is -0.398. The standard InChI is InChI=1S/C21H20FN7/c22-14-9-13(10-24-11-14)20-28-16-5-7-23-12-15(16)21(29-20)25-8-6-19-26-17-3-1-2-4-18(17)27-19/h1-4,9-11,23H,5-8,12H2,(H,26,27)(H,25,28,29). The molecule has 0 fully saturated rings. The second-order valence-electron chi connectivity index (χ2n) is 7.02. The van der Waals surface area contributed by atoms with E-state index in [4.69, 9.17) is 0 Å². The number of H-pyrrole nitrogens is 1. The fourth-order valence-electron chi connectivity index (χ4n) is 3.58. The average molecular weight is 389 g/mol. The number of hydrogen-bond acceptors (Lipinski definition) is 6. The topological polar surface area (TPSA) is 91.4 Å². The summed E-state index contributed by atoms with van der Waals surface area (Å²) in [5.41, 5.74) is 4.63. The van der Waals surface area contributed by atoms with Gasteiger partial charge in [-0.3, -0.25) is 4.98 Å². The molecule has 146 valence electrons. The van der Waals surface area contributed by atoms with Gasteiger partial charge in [-0.15, -0.1) is 0 Å². The third kappa shape index (κ3) is 3.66. The van der Waals surface area contributed by atoms with Gasteiger partial charge in [0.25, 0.3) is 0 Å². The van der Waals surface area contributed by atoms with Gasteiger partial charge in [-0.1, -0.05) is 12.1 Å². The summed E-state index contributed by atoms with van der Waals surface area (Å²) >= 11 is 0. The number of anilines is 1. The first kappa shape index (κ1) is 17.7. The number of benzene rings is 1. The highest BCUT2D eigenvalue weighted by Gasteiger charge is 2.18. The number of aromatic amines is 1. The van der Waals surface area contributed by atoms with Crippen LogP contribution < -0.4 is 10.6 Å². The Hall–Kier alpha value is -3.39. The molecule has 0 radical (unpaired) electrons. The Balaban J connectivity index is 1.40. The molecule has 0 amide bonds. The first-order valence-electron chi connectivity index (χ1n) is 9.65. The smallest absolute Gasteiger partial charge is 0.163 e. The van der Waals surface area contributed by atoms with Gasteiger partial charge in [0, 0.05) is 49.8 Å². The van der Waals surface area contributed by atoms with Gasteiger partial charge in [0.2, 0.25) is 0 Å². The summed E-state index contributed by atoms with van der Waals surface area (Å²) in [5.74, 6) is 1.79. The van der Waals surface area contributed by atoms with E-state index in [-0.39, 0.29) is 0 Å². The molecule has 3 aromatic heterocycles. The number of rotatable bonds is 5. The van der Waals surface area contributed by atoms with Crippen molar-refractivity contribution < 1.29 is 4.39 Å². The number of nitrogens with zero attached hydrogens (tertiary/aromatic N) is 4. The third-order valence-corrected chi connectivity index (χ3v) is 4.99. The normalized spacial score (nSPS) is 13.4. The second-order valence-corrected chi connectivity index (χ2v) is 7.02. The Kier molecular flexibility index (Phi) is 4.61. The van der Waals surface area contributed by atoms with E-state index in [9.17, 15) is 4.39 Å². The van der Waals surface area contributed by atoms with Crippen LogP contribution in [0.5, 0.6) is 0 Å². The summed E-state index contributed by atoms with van der Waals surface area (Å²) in [4.78, 5) is 21.2. The van der Waals surface area contributed by atoms with Crippen molar-refractivity contribution in [3.05, 3.63) is 65.6 Å². The lowest BCUT2D eigenvalue weighted by atomic mass is 10.1. The summed E-state index contributed by atoms with van der Waals surface area (Å²) in [7, 11) is 0. The van der Waals surface area contributed by atoms with Gasteiger partial charge in [-0.05, 0) is 18.2 Å². The SMILES string of the molecule is Fc1cncc(-c2nc3c(c(NCCc4nc5ccccc5[nH]4)n2)CNCC3)c1. The largest absolute Gasteiger partial charge is 0.369 e. The Bertz CT molecular complexity index is 1140. The van der Waals surface area contributed by atoms with Crippen molar-refractivity contribution in [3.8, 4) is 11.4 Å². The quantitative estimate of drug-likeness (QED) is 0.486. The van der Waals surface area contributed by atoms with Crippen molar-refractivity contribution >= 4 is 16.9 Å². The Morgan fingerprint density at radius 3 is 2.93 bits per heavy atom. The number of nitrogens with one attached hydrogen (secondary N) is 3. The molecular weight excluding hydrogens is 369 g/mol. The van der Waals surface area contributed by atoms with E-state index >= 15 is 0 Å². The number of para-hydroxylation sites is 2. The molecule has 0 spiro atoms. The van der Waals surface area contributed by atoms with Crippen LogP contribution in [-0.2, 0) is 19.4 Å². The average Bonchev–Trinajstić information content (AvgIpc) is 3.16. The summed E-state index contributed by atoms with van der Waals surface area (Å²) in [6.45, 7) is 2.25. The van der Waals surface area contributed by atoms with Gasteiger partial charge < -0.3 is 15.6 Å². The van der Waals surface area contributed by atoms with E-state index in [2.05, 4.69) is 35.6 Å². The molecule has 0 saturated carbocycles. The second kappa shape index (κ2) is 7.56. The highest BCUT2D eigenvalue weighted by atomic mass is 19.1. The number of fused-ring (bicyclic) bond motifs is 2. The van der Waals surface area contributed by atoms with Crippen molar-refractivity contribution in [2.24, 2.45) is 0 Å². The molecule has 5 rings (SSSR count). The van der Waals surface area contributed by atoms with Crippen molar-refractivity contribution in [1.29, 1.82) is 0 Å². The van der Waals surface area contributed by atoms with Gasteiger partial charge >= 0.3 is 0 Å². The molecule has 1 aromatic carbocycles. The predicted molar refractivity (Wildman–Crippen MR) is 109 cm³/mol. The fourth-order valence-corrected chi connectivity index (χ4v) is 3.58. The molecule has 4 heterocycles. The third-order valence-electron chi connectivity index (χ3n) is 4.99. The van der Waals surface area contributed by atoms with Crippen LogP contribution in [0, 0.1) is 5.82 Å². The molecule has 8 heteroatoms. The maximum atomic E-state index is 13.6. The first-order chi connectivity index (χ1) is 14.3.